The van der Waals surface area contributed by atoms with Gasteiger partial charge in [0.05, 0.1) is 6.61 Å². The van der Waals surface area contributed by atoms with Gasteiger partial charge in [0.1, 0.15) is 0 Å². The molecule has 3 nitrogen and oxygen atoms in total. The monoisotopic (exact) mass is 233 g/mol. The summed E-state index contributed by atoms with van der Waals surface area (Å²) in [5.41, 5.74) is 1.83. The van der Waals surface area contributed by atoms with E-state index in [1.54, 1.807) is 7.11 Å². The molecule has 17 heavy (non-hydrogen) atoms. The highest BCUT2D eigenvalue weighted by molar-refractivity contribution is 5.94. The van der Waals surface area contributed by atoms with Crippen LogP contribution >= 0.6 is 0 Å². The predicted molar refractivity (Wildman–Crippen MR) is 66.9 cm³/mol. The summed E-state index contributed by atoms with van der Waals surface area (Å²) < 4.78 is 5.08. The second kappa shape index (κ2) is 5.82. The molecule has 0 spiro atoms. The highest BCUT2D eigenvalue weighted by atomic mass is 16.5. The van der Waals surface area contributed by atoms with E-state index in [2.05, 4.69) is 0 Å². The maximum absolute atomic E-state index is 12.2. The van der Waals surface area contributed by atoms with Gasteiger partial charge in [-0.25, -0.2) is 0 Å². The number of benzene rings is 1. The van der Waals surface area contributed by atoms with Crippen molar-refractivity contribution >= 4 is 5.91 Å². The first kappa shape index (κ1) is 12.1. The number of piperidine rings is 1. The van der Waals surface area contributed by atoms with Crippen molar-refractivity contribution in [2.75, 3.05) is 20.2 Å². The van der Waals surface area contributed by atoms with E-state index in [4.69, 9.17) is 4.74 Å². The Morgan fingerprint density at radius 3 is 2.76 bits per heavy atom. The number of carbonyl (C=O) groups is 1. The Morgan fingerprint density at radius 1 is 1.29 bits per heavy atom. The largest absolute Gasteiger partial charge is 0.380 e. The number of hydrogen-bond acceptors (Lipinski definition) is 2. The lowest BCUT2D eigenvalue weighted by atomic mass is 10.1. The highest BCUT2D eigenvalue weighted by Crippen LogP contribution is 2.14. The molecular formula is C14H19NO2. The fourth-order valence-electron chi connectivity index (χ4n) is 2.24. The quantitative estimate of drug-likeness (QED) is 0.802. The Hall–Kier alpha value is -1.35. The predicted octanol–water partition coefficient (Wildman–Crippen LogP) is 2.46. The average molecular weight is 233 g/mol. The van der Waals surface area contributed by atoms with E-state index in [0.29, 0.717) is 6.61 Å². The zero-order valence-corrected chi connectivity index (χ0v) is 10.3. The molecule has 0 N–H and O–H groups in total. The van der Waals surface area contributed by atoms with Crippen molar-refractivity contribution in [1.82, 2.24) is 4.90 Å². The van der Waals surface area contributed by atoms with Crippen molar-refractivity contribution < 1.29 is 9.53 Å². The van der Waals surface area contributed by atoms with Gasteiger partial charge in [-0.2, -0.15) is 0 Å². The first-order chi connectivity index (χ1) is 8.31. The summed E-state index contributed by atoms with van der Waals surface area (Å²) in [6, 6.07) is 7.72. The fraction of sp³-hybridized carbons (Fsp3) is 0.500. The molecule has 0 aliphatic carbocycles. The first-order valence-corrected chi connectivity index (χ1v) is 6.18. The van der Waals surface area contributed by atoms with E-state index in [1.807, 2.05) is 29.2 Å². The molecule has 1 aliphatic heterocycles. The minimum atomic E-state index is 0.155. The van der Waals surface area contributed by atoms with E-state index in [-0.39, 0.29) is 5.91 Å². The molecule has 1 aromatic carbocycles. The van der Waals surface area contributed by atoms with E-state index in [9.17, 15) is 4.79 Å². The second-order valence-electron chi connectivity index (χ2n) is 4.49. The van der Waals surface area contributed by atoms with Crippen molar-refractivity contribution in [3.8, 4) is 0 Å². The second-order valence-corrected chi connectivity index (χ2v) is 4.49. The SMILES string of the molecule is COCc1cccc(C(=O)N2CCCCC2)c1. The maximum Gasteiger partial charge on any atom is 0.253 e. The molecule has 92 valence electrons. The Labute approximate surface area is 102 Å². The summed E-state index contributed by atoms with van der Waals surface area (Å²) in [6.07, 6.45) is 3.50. The van der Waals surface area contributed by atoms with Crippen molar-refractivity contribution in [2.24, 2.45) is 0 Å². The number of hydrogen-bond donors (Lipinski definition) is 0. The molecule has 0 saturated carbocycles. The summed E-state index contributed by atoms with van der Waals surface area (Å²) >= 11 is 0. The summed E-state index contributed by atoms with van der Waals surface area (Å²) in [4.78, 5) is 14.2. The Kier molecular flexibility index (Phi) is 4.15. The summed E-state index contributed by atoms with van der Waals surface area (Å²) in [7, 11) is 1.67. The molecule has 2 rings (SSSR count). The minimum Gasteiger partial charge on any atom is -0.380 e. The lowest BCUT2D eigenvalue weighted by molar-refractivity contribution is 0.0724. The number of methoxy groups -OCH3 is 1. The van der Waals surface area contributed by atoms with E-state index >= 15 is 0 Å². The van der Waals surface area contributed by atoms with Gasteiger partial charge in [-0.15, -0.1) is 0 Å². The minimum absolute atomic E-state index is 0.155. The Bertz CT molecular complexity index is 384. The Balaban J connectivity index is 2.09. The van der Waals surface area contributed by atoms with Crippen LogP contribution in [0.4, 0.5) is 0 Å². The van der Waals surface area contributed by atoms with Crippen LogP contribution in [0.3, 0.4) is 0 Å². The average Bonchev–Trinajstić information content (AvgIpc) is 2.40. The molecule has 1 aromatic rings. The van der Waals surface area contributed by atoms with E-state index < -0.39 is 0 Å². The molecule has 0 unspecified atom stereocenters. The molecular weight excluding hydrogens is 214 g/mol. The van der Waals surface area contributed by atoms with Gasteiger partial charge in [0.15, 0.2) is 0 Å². The molecule has 3 heteroatoms. The van der Waals surface area contributed by atoms with Gasteiger partial charge < -0.3 is 9.64 Å². The van der Waals surface area contributed by atoms with Crippen molar-refractivity contribution in [1.29, 1.82) is 0 Å². The number of nitrogens with zero attached hydrogens (tertiary/aromatic N) is 1. The van der Waals surface area contributed by atoms with Gasteiger partial charge in [0, 0.05) is 25.8 Å². The molecule has 1 saturated heterocycles. The van der Waals surface area contributed by atoms with Crippen LogP contribution in [0, 0.1) is 0 Å². The van der Waals surface area contributed by atoms with Crippen LogP contribution in [-0.2, 0) is 11.3 Å². The Morgan fingerprint density at radius 2 is 2.06 bits per heavy atom. The van der Waals surface area contributed by atoms with Gasteiger partial charge in [-0.3, -0.25) is 4.79 Å². The normalized spacial score (nSPS) is 15.9. The zero-order chi connectivity index (χ0) is 12.1. The lowest BCUT2D eigenvalue weighted by Gasteiger charge is -2.26. The third kappa shape index (κ3) is 3.07. The van der Waals surface area contributed by atoms with Crippen molar-refractivity contribution in [3.05, 3.63) is 35.4 Å². The van der Waals surface area contributed by atoms with Crippen molar-refractivity contribution in [3.63, 3.8) is 0 Å². The molecule has 1 amide bonds. The number of rotatable bonds is 3. The van der Waals surface area contributed by atoms with Crippen LogP contribution in [0.25, 0.3) is 0 Å². The lowest BCUT2D eigenvalue weighted by Crippen LogP contribution is -2.35. The van der Waals surface area contributed by atoms with E-state index in [1.165, 1.54) is 6.42 Å². The summed E-state index contributed by atoms with van der Waals surface area (Å²) in [6.45, 7) is 2.35. The first-order valence-electron chi connectivity index (χ1n) is 6.18. The van der Waals surface area contributed by atoms with Gasteiger partial charge in [0.25, 0.3) is 5.91 Å². The molecule has 1 fully saturated rings. The van der Waals surface area contributed by atoms with Gasteiger partial charge in [-0.05, 0) is 37.0 Å². The van der Waals surface area contributed by atoms with Gasteiger partial charge in [0.2, 0.25) is 0 Å². The molecule has 1 aliphatic rings. The van der Waals surface area contributed by atoms with Crippen LogP contribution in [0.15, 0.2) is 24.3 Å². The maximum atomic E-state index is 12.2. The van der Waals surface area contributed by atoms with Crippen LogP contribution in [0.5, 0.6) is 0 Å². The zero-order valence-electron chi connectivity index (χ0n) is 10.3. The van der Waals surface area contributed by atoms with Crippen LogP contribution in [0.1, 0.15) is 35.2 Å². The molecule has 0 bridgehead atoms. The summed E-state index contributed by atoms with van der Waals surface area (Å²) in [5.74, 6) is 0.155. The van der Waals surface area contributed by atoms with Gasteiger partial charge >= 0.3 is 0 Å². The summed E-state index contributed by atoms with van der Waals surface area (Å²) in [5, 5.41) is 0. The molecule has 1 heterocycles. The van der Waals surface area contributed by atoms with Crippen LogP contribution < -0.4 is 0 Å². The van der Waals surface area contributed by atoms with E-state index in [0.717, 1.165) is 37.1 Å². The number of likely N-dealkylation sites (tertiary alicyclic amines) is 1. The number of ether oxygens (including phenoxy) is 1. The fourth-order valence-corrected chi connectivity index (χ4v) is 2.24. The molecule has 0 radical (unpaired) electrons. The standard InChI is InChI=1S/C14H19NO2/c1-17-11-12-6-5-7-13(10-12)14(16)15-8-3-2-4-9-15/h5-7,10H,2-4,8-9,11H2,1H3. The topological polar surface area (TPSA) is 29.5 Å². The molecule has 0 aromatic heterocycles. The van der Waals surface area contributed by atoms with Crippen LogP contribution in [0.2, 0.25) is 0 Å². The van der Waals surface area contributed by atoms with Gasteiger partial charge in [-0.1, -0.05) is 12.1 Å². The third-order valence-corrected chi connectivity index (χ3v) is 3.13. The third-order valence-electron chi connectivity index (χ3n) is 3.13. The number of amides is 1. The van der Waals surface area contributed by atoms with Crippen molar-refractivity contribution in [2.45, 2.75) is 25.9 Å². The number of carbonyl (C=O) groups excluding carboxylic acids is 1. The smallest absolute Gasteiger partial charge is 0.253 e. The van der Waals surface area contributed by atoms with Crippen LogP contribution in [-0.4, -0.2) is 31.0 Å². The molecule has 0 atom stereocenters. The highest BCUT2D eigenvalue weighted by Gasteiger charge is 2.17.